The molecule has 1 N–H and O–H groups in total. The van der Waals surface area contributed by atoms with Crippen LogP contribution in [0.2, 0.25) is 0 Å². The van der Waals surface area contributed by atoms with Gasteiger partial charge in [0.05, 0.1) is 25.3 Å². The van der Waals surface area contributed by atoms with E-state index in [-0.39, 0.29) is 4.90 Å². The maximum absolute atomic E-state index is 12.9. The Kier molecular flexibility index (Phi) is 6.49. The van der Waals surface area contributed by atoms with Crippen molar-refractivity contribution in [3.8, 4) is 16.9 Å². The van der Waals surface area contributed by atoms with Gasteiger partial charge in [0.1, 0.15) is 11.8 Å². The van der Waals surface area contributed by atoms with E-state index in [1.54, 1.807) is 55.7 Å². The van der Waals surface area contributed by atoms with E-state index >= 15 is 0 Å². The second-order valence-electron chi connectivity index (χ2n) is 6.60. The van der Waals surface area contributed by atoms with Gasteiger partial charge >= 0.3 is 5.97 Å². The van der Waals surface area contributed by atoms with E-state index in [2.05, 4.69) is 9.71 Å². The van der Waals surface area contributed by atoms with Crippen molar-refractivity contribution in [2.75, 3.05) is 14.2 Å². The third-order valence-electron chi connectivity index (χ3n) is 4.55. The number of nitrogens with one attached hydrogen (secondary N) is 1. The van der Waals surface area contributed by atoms with Crippen LogP contribution in [-0.2, 0) is 19.6 Å². The van der Waals surface area contributed by atoms with Gasteiger partial charge in [0.25, 0.3) is 0 Å². The van der Waals surface area contributed by atoms with Gasteiger partial charge < -0.3 is 9.47 Å². The SMILES string of the molecule is COC(=O)C(NS(=O)(=O)c1cccc(C)c1)c1cccc(-c2ccncc2OC)c1. The van der Waals surface area contributed by atoms with Crippen LogP contribution in [0, 0.1) is 6.92 Å². The lowest BCUT2D eigenvalue weighted by atomic mass is 10.00. The molecule has 0 aliphatic carbocycles. The van der Waals surface area contributed by atoms with Crippen LogP contribution in [0.3, 0.4) is 0 Å². The van der Waals surface area contributed by atoms with Crippen LogP contribution in [-0.4, -0.2) is 33.6 Å². The number of benzene rings is 2. The topological polar surface area (TPSA) is 94.6 Å². The average Bonchev–Trinajstić information content (AvgIpc) is 2.77. The number of nitrogens with zero attached hydrogens (tertiary/aromatic N) is 1. The van der Waals surface area contributed by atoms with Crippen LogP contribution in [0.1, 0.15) is 17.2 Å². The highest BCUT2D eigenvalue weighted by atomic mass is 32.2. The van der Waals surface area contributed by atoms with Crippen molar-refractivity contribution >= 4 is 16.0 Å². The molecule has 1 atom stereocenters. The first kappa shape index (κ1) is 21.5. The van der Waals surface area contributed by atoms with Gasteiger partial charge in [-0.3, -0.25) is 4.98 Å². The normalized spacial score (nSPS) is 12.2. The van der Waals surface area contributed by atoms with E-state index < -0.39 is 22.0 Å². The van der Waals surface area contributed by atoms with Gasteiger partial charge in [-0.15, -0.1) is 0 Å². The van der Waals surface area contributed by atoms with E-state index in [0.717, 1.165) is 16.7 Å². The van der Waals surface area contributed by atoms with Crippen LogP contribution in [0.5, 0.6) is 5.75 Å². The number of hydrogen-bond donors (Lipinski definition) is 1. The quantitative estimate of drug-likeness (QED) is 0.583. The Morgan fingerprint density at radius 3 is 2.53 bits per heavy atom. The van der Waals surface area contributed by atoms with Gasteiger partial charge in [-0.25, -0.2) is 13.2 Å². The number of ether oxygens (including phenoxy) is 2. The summed E-state index contributed by atoms with van der Waals surface area (Å²) in [4.78, 5) is 16.6. The third kappa shape index (κ3) is 4.67. The average molecular weight is 426 g/mol. The number of methoxy groups -OCH3 is 2. The molecule has 30 heavy (non-hydrogen) atoms. The predicted molar refractivity (Wildman–Crippen MR) is 112 cm³/mol. The monoisotopic (exact) mass is 426 g/mol. The van der Waals surface area contributed by atoms with Crippen LogP contribution < -0.4 is 9.46 Å². The summed E-state index contributed by atoms with van der Waals surface area (Å²) in [7, 11) is -1.21. The van der Waals surface area contributed by atoms with Crippen LogP contribution in [0.15, 0.2) is 71.9 Å². The summed E-state index contributed by atoms with van der Waals surface area (Å²) >= 11 is 0. The van der Waals surface area contributed by atoms with Crippen LogP contribution >= 0.6 is 0 Å². The van der Waals surface area contributed by atoms with E-state index in [0.29, 0.717) is 11.3 Å². The molecule has 0 aliphatic rings. The Morgan fingerprint density at radius 1 is 1.07 bits per heavy atom. The van der Waals surface area contributed by atoms with Crippen molar-refractivity contribution in [2.24, 2.45) is 0 Å². The third-order valence-corrected chi connectivity index (χ3v) is 5.97. The zero-order valence-electron chi connectivity index (χ0n) is 16.8. The first-order valence-corrected chi connectivity index (χ1v) is 10.6. The number of sulfonamides is 1. The Morgan fingerprint density at radius 2 is 1.83 bits per heavy atom. The molecule has 1 aromatic heterocycles. The Labute approximate surface area is 175 Å². The minimum atomic E-state index is -3.96. The first-order valence-electron chi connectivity index (χ1n) is 9.11. The molecule has 3 rings (SSSR count). The lowest BCUT2D eigenvalue weighted by Gasteiger charge is -2.18. The molecule has 0 aliphatic heterocycles. The van der Waals surface area contributed by atoms with Gasteiger partial charge in [-0.2, -0.15) is 4.72 Å². The molecule has 3 aromatic rings. The molecule has 0 bridgehead atoms. The fourth-order valence-corrected chi connectivity index (χ4v) is 4.32. The highest BCUT2D eigenvalue weighted by molar-refractivity contribution is 7.89. The standard InChI is InChI=1S/C22H22N2O5S/c1-15-6-4-9-18(12-15)30(26,27)24-21(22(25)29-3)17-8-5-7-16(13-17)19-10-11-23-14-20(19)28-2/h4-14,21,24H,1-3H3. The number of carbonyl (C=O) groups excluding carboxylic acids is 1. The van der Waals surface area contributed by atoms with Gasteiger partial charge in [0, 0.05) is 11.8 Å². The molecule has 0 amide bonds. The largest absolute Gasteiger partial charge is 0.494 e. The molecule has 0 radical (unpaired) electrons. The minimum absolute atomic E-state index is 0.0726. The van der Waals surface area contributed by atoms with Gasteiger partial charge in [0.15, 0.2) is 0 Å². The van der Waals surface area contributed by atoms with E-state index in [4.69, 9.17) is 9.47 Å². The molecule has 1 unspecified atom stereocenters. The van der Waals surface area contributed by atoms with Crippen molar-refractivity contribution < 1.29 is 22.7 Å². The number of aryl methyl sites for hydroxylation is 1. The molecule has 7 nitrogen and oxygen atoms in total. The first-order chi connectivity index (χ1) is 14.4. The number of pyridine rings is 1. The lowest BCUT2D eigenvalue weighted by Crippen LogP contribution is -2.34. The number of hydrogen-bond acceptors (Lipinski definition) is 6. The summed E-state index contributed by atoms with van der Waals surface area (Å²) in [5.74, 6) is -0.158. The summed E-state index contributed by atoms with van der Waals surface area (Å²) in [5.41, 5.74) is 2.74. The number of esters is 1. The lowest BCUT2D eigenvalue weighted by molar-refractivity contribution is -0.142. The van der Waals surface area contributed by atoms with Gasteiger partial charge in [-0.05, 0) is 47.9 Å². The maximum atomic E-state index is 12.9. The highest BCUT2D eigenvalue weighted by Gasteiger charge is 2.28. The van der Waals surface area contributed by atoms with E-state index in [9.17, 15) is 13.2 Å². The van der Waals surface area contributed by atoms with Gasteiger partial charge in [-0.1, -0.05) is 30.3 Å². The zero-order valence-corrected chi connectivity index (χ0v) is 17.6. The van der Waals surface area contributed by atoms with Gasteiger partial charge in [0.2, 0.25) is 10.0 Å². The summed E-state index contributed by atoms with van der Waals surface area (Å²) < 4.78 is 38.5. The Balaban J connectivity index is 2.02. The molecular formula is C22H22N2O5S. The second-order valence-corrected chi connectivity index (χ2v) is 8.31. The number of carbonyl (C=O) groups is 1. The summed E-state index contributed by atoms with van der Waals surface area (Å²) in [5, 5.41) is 0. The summed E-state index contributed by atoms with van der Waals surface area (Å²) in [6, 6.07) is 14.0. The van der Waals surface area contributed by atoms with Crippen LogP contribution in [0.25, 0.3) is 11.1 Å². The smallest absolute Gasteiger partial charge is 0.328 e. The van der Waals surface area contributed by atoms with Crippen molar-refractivity contribution in [2.45, 2.75) is 17.9 Å². The number of aromatic nitrogens is 1. The van der Waals surface area contributed by atoms with E-state index in [1.165, 1.54) is 26.4 Å². The predicted octanol–water partition coefficient (Wildman–Crippen LogP) is 3.26. The Bertz CT molecular complexity index is 1160. The second kappa shape index (κ2) is 9.06. The molecule has 0 spiro atoms. The summed E-state index contributed by atoms with van der Waals surface area (Å²) in [6.45, 7) is 1.79. The molecule has 0 saturated heterocycles. The molecule has 2 aromatic carbocycles. The molecule has 156 valence electrons. The zero-order chi connectivity index (χ0) is 21.7. The molecule has 1 heterocycles. The molecule has 8 heteroatoms. The minimum Gasteiger partial charge on any atom is -0.494 e. The fourth-order valence-electron chi connectivity index (χ4n) is 3.04. The molecule has 0 fully saturated rings. The highest BCUT2D eigenvalue weighted by Crippen LogP contribution is 2.31. The molecule has 0 saturated carbocycles. The van der Waals surface area contributed by atoms with E-state index in [1.807, 2.05) is 6.07 Å². The maximum Gasteiger partial charge on any atom is 0.328 e. The van der Waals surface area contributed by atoms with Crippen molar-refractivity contribution in [3.05, 3.63) is 78.1 Å². The number of rotatable bonds is 7. The fraction of sp³-hybridized carbons (Fsp3) is 0.182. The Hall–Kier alpha value is -3.23. The van der Waals surface area contributed by atoms with Crippen LogP contribution in [0.4, 0.5) is 0 Å². The van der Waals surface area contributed by atoms with Crippen molar-refractivity contribution in [1.29, 1.82) is 0 Å². The van der Waals surface area contributed by atoms with Crippen molar-refractivity contribution in [3.63, 3.8) is 0 Å². The summed E-state index contributed by atoms with van der Waals surface area (Å²) in [6.07, 6.45) is 3.21. The molecular weight excluding hydrogens is 404 g/mol. The van der Waals surface area contributed by atoms with Crippen molar-refractivity contribution in [1.82, 2.24) is 9.71 Å².